The van der Waals surface area contributed by atoms with E-state index in [-0.39, 0.29) is 29.2 Å². The number of hydrogen-bond donors (Lipinski definition) is 1. The van der Waals surface area contributed by atoms with E-state index in [1.54, 1.807) is 17.0 Å². The Morgan fingerprint density at radius 1 is 1.23 bits per heavy atom. The normalized spacial score (nSPS) is 15.3. The predicted molar refractivity (Wildman–Crippen MR) is 97.7 cm³/mol. The highest BCUT2D eigenvalue weighted by Gasteiger charge is 2.29. The summed E-state index contributed by atoms with van der Waals surface area (Å²) in [6, 6.07) is 5.96. The Balaban J connectivity index is 1.55. The number of carbonyl (C=O) groups excluding carboxylic acids is 2. The fraction of sp³-hybridized carbons (Fsp3) is 0.444. The third kappa shape index (κ3) is 4.07. The van der Waals surface area contributed by atoms with Crippen LogP contribution in [0, 0.1) is 11.7 Å². The van der Waals surface area contributed by atoms with Crippen LogP contribution in [-0.4, -0.2) is 40.0 Å². The number of amides is 2. The fourth-order valence-electron chi connectivity index (χ4n) is 2.88. The molecule has 8 heteroatoms. The van der Waals surface area contributed by atoms with Gasteiger partial charge in [0.25, 0.3) is 5.91 Å². The molecular weight excluding hydrogens is 355 g/mol. The van der Waals surface area contributed by atoms with Crippen molar-refractivity contribution in [3.05, 3.63) is 40.7 Å². The van der Waals surface area contributed by atoms with E-state index in [4.69, 9.17) is 0 Å². The zero-order valence-electron chi connectivity index (χ0n) is 14.7. The molecule has 1 N–H and O–H groups in total. The quantitative estimate of drug-likeness (QED) is 0.888. The number of aromatic nitrogens is 2. The number of nitrogens with one attached hydrogen (secondary N) is 1. The third-order valence-electron chi connectivity index (χ3n) is 4.42. The molecule has 3 rings (SSSR count). The van der Waals surface area contributed by atoms with E-state index in [1.165, 1.54) is 23.5 Å². The Kier molecular flexibility index (Phi) is 5.61. The van der Waals surface area contributed by atoms with Gasteiger partial charge in [0.05, 0.1) is 5.56 Å². The molecule has 1 aliphatic rings. The van der Waals surface area contributed by atoms with Crippen molar-refractivity contribution in [1.82, 2.24) is 15.1 Å². The van der Waals surface area contributed by atoms with Crippen LogP contribution < -0.4 is 5.32 Å². The summed E-state index contributed by atoms with van der Waals surface area (Å²) in [7, 11) is 0. The monoisotopic (exact) mass is 376 g/mol. The topological polar surface area (TPSA) is 75.2 Å². The average molecular weight is 376 g/mol. The minimum Gasteiger partial charge on any atom is -0.339 e. The number of anilines is 1. The van der Waals surface area contributed by atoms with Gasteiger partial charge in [0.15, 0.2) is 0 Å². The van der Waals surface area contributed by atoms with Crippen LogP contribution in [0.1, 0.15) is 48.0 Å². The van der Waals surface area contributed by atoms with Crippen LogP contribution in [0.15, 0.2) is 24.3 Å². The second-order valence-electron chi connectivity index (χ2n) is 6.64. The first-order chi connectivity index (χ1) is 12.5. The van der Waals surface area contributed by atoms with Gasteiger partial charge in [0.1, 0.15) is 10.8 Å². The summed E-state index contributed by atoms with van der Waals surface area (Å²) in [5, 5.41) is 12.2. The Labute approximate surface area is 155 Å². The molecule has 1 aromatic carbocycles. The van der Waals surface area contributed by atoms with Crippen molar-refractivity contribution in [3.8, 4) is 0 Å². The maximum atomic E-state index is 13.8. The molecule has 2 aromatic rings. The van der Waals surface area contributed by atoms with E-state index < -0.39 is 5.82 Å². The highest BCUT2D eigenvalue weighted by atomic mass is 32.1. The summed E-state index contributed by atoms with van der Waals surface area (Å²) in [6.07, 6.45) is 1.09. The van der Waals surface area contributed by atoms with E-state index in [1.807, 2.05) is 13.8 Å². The third-order valence-corrected chi connectivity index (χ3v) is 5.56. The van der Waals surface area contributed by atoms with Crippen LogP contribution >= 0.6 is 11.3 Å². The highest BCUT2D eigenvalue weighted by molar-refractivity contribution is 7.15. The molecule has 1 aliphatic heterocycles. The SMILES string of the molecule is CC(C)c1nnc(NC(=O)C2CCN(C(=O)c3ccccc3F)CC2)s1. The number of rotatable bonds is 4. The van der Waals surface area contributed by atoms with Crippen molar-refractivity contribution in [2.75, 3.05) is 18.4 Å². The minimum atomic E-state index is -0.519. The molecule has 2 heterocycles. The molecule has 1 aromatic heterocycles. The van der Waals surface area contributed by atoms with Crippen LogP contribution in [0.4, 0.5) is 9.52 Å². The van der Waals surface area contributed by atoms with Crippen molar-refractivity contribution in [3.63, 3.8) is 0 Å². The molecule has 0 unspecified atom stereocenters. The summed E-state index contributed by atoms with van der Waals surface area (Å²) >= 11 is 1.38. The lowest BCUT2D eigenvalue weighted by molar-refractivity contribution is -0.121. The maximum Gasteiger partial charge on any atom is 0.256 e. The van der Waals surface area contributed by atoms with E-state index in [9.17, 15) is 14.0 Å². The highest BCUT2D eigenvalue weighted by Crippen LogP contribution is 2.25. The van der Waals surface area contributed by atoms with Crippen LogP contribution in [-0.2, 0) is 4.79 Å². The standard InChI is InChI=1S/C18H21FN4O2S/c1-11(2)16-21-22-18(26-16)20-15(24)12-7-9-23(10-8-12)17(25)13-5-3-4-6-14(13)19/h3-6,11-12H,7-10H2,1-2H3,(H,20,22,24). The van der Waals surface area contributed by atoms with E-state index in [0.717, 1.165) is 5.01 Å². The maximum absolute atomic E-state index is 13.8. The van der Waals surface area contributed by atoms with E-state index >= 15 is 0 Å². The van der Waals surface area contributed by atoms with Gasteiger partial charge in [-0.05, 0) is 25.0 Å². The van der Waals surface area contributed by atoms with Gasteiger partial charge in [-0.3, -0.25) is 9.59 Å². The van der Waals surface area contributed by atoms with Gasteiger partial charge in [-0.2, -0.15) is 0 Å². The molecule has 1 saturated heterocycles. The first-order valence-electron chi connectivity index (χ1n) is 8.63. The van der Waals surface area contributed by atoms with Gasteiger partial charge >= 0.3 is 0 Å². The average Bonchev–Trinajstić information content (AvgIpc) is 3.10. The van der Waals surface area contributed by atoms with Crippen LogP contribution in [0.5, 0.6) is 0 Å². The molecular formula is C18H21FN4O2S. The Morgan fingerprint density at radius 2 is 1.92 bits per heavy atom. The zero-order valence-corrected chi connectivity index (χ0v) is 15.6. The zero-order chi connectivity index (χ0) is 18.7. The van der Waals surface area contributed by atoms with Crippen molar-refractivity contribution in [1.29, 1.82) is 0 Å². The molecule has 138 valence electrons. The molecule has 6 nitrogen and oxygen atoms in total. The summed E-state index contributed by atoms with van der Waals surface area (Å²) in [5.74, 6) is -0.867. The molecule has 0 bridgehead atoms. The number of hydrogen-bond acceptors (Lipinski definition) is 5. The summed E-state index contributed by atoms with van der Waals surface area (Å²) in [5.41, 5.74) is 0.0745. The summed E-state index contributed by atoms with van der Waals surface area (Å²) < 4.78 is 13.8. The van der Waals surface area contributed by atoms with Gasteiger partial charge in [0, 0.05) is 24.9 Å². The lowest BCUT2D eigenvalue weighted by Crippen LogP contribution is -2.41. The number of benzene rings is 1. The van der Waals surface area contributed by atoms with Crippen LogP contribution in [0.3, 0.4) is 0 Å². The Bertz CT molecular complexity index is 800. The van der Waals surface area contributed by atoms with Gasteiger partial charge < -0.3 is 10.2 Å². The van der Waals surface area contributed by atoms with Gasteiger partial charge in [-0.25, -0.2) is 4.39 Å². The predicted octanol–water partition coefficient (Wildman–Crippen LogP) is 3.29. The van der Waals surface area contributed by atoms with Crippen molar-refractivity contribution >= 4 is 28.3 Å². The molecule has 0 saturated carbocycles. The summed E-state index contributed by atoms with van der Waals surface area (Å²) in [6.45, 7) is 4.90. The van der Waals surface area contributed by atoms with Crippen LogP contribution in [0.25, 0.3) is 0 Å². The molecule has 0 aliphatic carbocycles. The lowest BCUT2D eigenvalue weighted by atomic mass is 9.95. The van der Waals surface area contributed by atoms with Gasteiger partial charge in [0.2, 0.25) is 11.0 Å². The number of piperidine rings is 1. The number of carbonyl (C=O) groups is 2. The molecule has 2 amide bonds. The first-order valence-corrected chi connectivity index (χ1v) is 9.45. The van der Waals surface area contributed by atoms with Crippen LogP contribution in [0.2, 0.25) is 0 Å². The number of nitrogens with zero attached hydrogens (tertiary/aromatic N) is 3. The number of likely N-dealkylation sites (tertiary alicyclic amines) is 1. The first kappa shape index (κ1) is 18.4. The van der Waals surface area contributed by atoms with Crippen molar-refractivity contribution < 1.29 is 14.0 Å². The van der Waals surface area contributed by atoms with E-state index in [2.05, 4.69) is 15.5 Å². The smallest absolute Gasteiger partial charge is 0.256 e. The van der Waals surface area contributed by atoms with E-state index in [0.29, 0.717) is 31.1 Å². The molecule has 1 fully saturated rings. The van der Waals surface area contributed by atoms with Gasteiger partial charge in [-0.15, -0.1) is 10.2 Å². The molecule has 0 radical (unpaired) electrons. The second-order valence-corrected chi connectivity index (χ2v) is 7.64. The second kappa shape index (κ2) is 7.90. The lowest BCUT2D eigenvalue weighted by Gasteiger charge is -2.31. The minimum absolute atomic E-state index is 0.0745. The Hall–Kier alpha value is -2.35. The largest absolute Gasteiger partial charge is 0.339 e. The Morgan fingerprint density at radius 3 is 2.54 bits per heavy atom. The van der Waals surface area contributed by atoms with Crippen molar-refractivity contribution in [2.24, 2.45) is 5.92 Å². The molecule has 0 atom stereocenters. The summed E-state index contributed by atoms with van der Waals surface area (Å²) in [4.78, 5) is 26.4. The molecule has 26 heavy (non-hydrogen) atoms. The molecule has 0 spiro atoms. The fourth-order valence-corrected chi connectivity index (χ4v) is 3.62. The van der Waals surface area contributed by atoms with Gasteiger partial charge in [-0.1, -0.05) is 37.3 Å². The number of halogens is 1. The van der Waals surface area contributed by atoms with Crippen molar-refractivity contribution in [2.45, 2.75) is 32.6 Å².